The van der Waals surface area contributed by atoms with Gasteiger partial charge >= 0.3 is 0 Å². The number of nitrogens with zero attached hydrogens (tertiary/aromatic N) is 1. The second kappa shape index (κ2) is 5.05. The number of likely N-dealkylation sites (tertiary alicyclic amines) is 1. The van der Waals surface area contributed by atoms with Crippen molar-refractivity contribution in [1.29, 1.82) is 0 Å². The first-order valence-corrected chi connectivity index (χ1v) is 6.63. The molecule has 0 aliphatic carbocycles. The Morgan fingerprint density at radius 2 is 2.37 bits per heavy atom. The van der Waals surface area contributed by atoms with E-state index in [1.54, 1.807) is 7.11 Å². The van der Waals surface area contributed by atoms with Crippen LogP contribution in [0.2, 0.25) is 0 Å². The summed E-state index contributed by atoms with van der Waals surface area (Å²) in [6, 6.07) is 7.83. The van der Waals surface area contributed by atoms with Crippen LogP contribution in [0.1, 0.15) is 16.8 Å². The van der Waals surface area contributed by atoms with Crippen LogP contribution >= 0.6 is 0 Å². The third-order valence-corrected chi connectivity index (χ3v) is 3.78. The van der Waals surface area contributed by atoms with Gasteiger partial charge in [0.2, 0.25) is 0 Å². The zero-order valence-electron chi connectivity index (χ0n) is 11.1. The van der Waals surface area contributed by atoms with Gasteiger partial charge in [-0.25, -0.2) is 0 Å². The first-order chi connectivity index (χ1) is 9.28. The van der Waals surface area contributed by atoms with E-state index in [0.29, 0.717) is 5.92 Å². The van der Waals surface area contributed by atoms with E-state index < -0.39 is 0 Å². The molecule has 1 saturated heterocycles. The predicted molar refractivity (Wildman–Crippen MR) is 74.2 cm³/mol. The van der Waals surface area contributed by atoms with Crippen molar-refractivity contribution < 1.29 is 9.53 Å². The van der Waals surface area contributed by atoms with E-state index in [-0.39, 0.29) is 5.91 Å². The molecule has 2 heterocycles. The second-order valence-corrected chi connectivity index (χ2v) is 5.14. The van der Waals surface area contributed by atoms with E-state index >= 15 is 0 Å². The molecule has 0 radical (unpaired) electrons. The van der Waals surface area contributed by atoms with Crippen LogP contribution in [-0.2, 0) is 4.74 Å². The van der Waals surface area contributed by atoms with E-state index in [0.717, 1.165) is 42.6 Å². The van der Waals surface area contributed by atoms with Gasteiger partial charge in [-0.3, -0.25) is 4.79 Å². The van der Waals surface area contributed by atoms with E-state index in [1.165, 1.54) is 0 Å². The van der Waals surface area contributed by atoms with Crippen LogP contribution in [0.4, 0.5) is 0 Å². The van der Waals surface area contributed by atoms with Crippen LogP contribution in [0.3, 0.4) is 0 Å². The summed E-state index contributed by atoms with van der Waals surface area (Å²) in [5.74, 6) is 0.596. The standard InChI is InChI=1S/C15H18N2O2/c1-19-10-11-5-7-17(9-11)15(18)13-3-2-12-4-6-16-14(12)8-13/h2-4,6,8,11,16H,5,7,9-10H2,1H3. The number of aromatic amines is 1. The monoisotopic (exact) mass is 258 g/mol. The molecular weight excluding hydrogens is 240 g/mol. The molecule has 3 rings (SSSR count). The Kier molecular flexibility index (Phi) is 3.25. The zero-order chi connectivity index (χ0) is 13.2. The number of amides is 1. The number of carbonyl (C=O) groups excluding carboxylic acids is 1. The van der Waals surface area contributed by atoms with Crippen molar-refractivity contribution in [3.63, 3.8) is 0 Å². The summed E-state index contributed by atoms with van der Waals surface area (Å²) in [5, 5.41) is 1.13. The lowest BCUT2D eigenvalue weighted by Crippen LogP contribution is -2.29. The molecule has 2 aromatic rings. The molecule has 4 nitrogen and oxygen atoms in total. The molecule has 19 heavy (non-hydrogen) atoms. The third-order valence-electron chi connectivity index (χ3n) is 3.78. The van der Waals surface area contributed by atoms with Gasteiger partial charge in [0.15, 0.2) is 0 Å². The number of methoxy groups -OCH3 is 1. The lowest BCUT2D eigenvalue weighted by Gasteiger charge is -2.16. The second-order valence-electron chi connectivity index (χ2n) is 5.14. The molecule has 1 fully saturated rings. The normalized spacial score (nSPS) is 19.2. The van der Waals surface area contributed by atoms with Gasteiger partial charge in [-0.1, -0.05) is 6.07 Å². The van der Waals surface area contributed by atoms with E-state index in [2.05, 4.69) is 4.98 Å². The number of nitrogens with one attached hydrogen (secondary N) is 1. The van der Waals surface area contributed by atoms with Crippen molar-refractivity contribution in [2.45, 2.75) is 6.42 Å². The molecule has 0 bridgehead atoms. The number of hydrogen-bond acceptors (Lipinski definition) is 2. The number of rotatable bonds is 3. The minimum absolute atomic E-state index is 0.120. The number of ether oxygens (including phenoxy) is 1. The average Bonchev–Trinajstić information content (AvgIpc) is 3.05. The quantitative estimate of drug-likeness (QED) is 0.918. The number of carbonyl (C=O) groups is 1. The van der Waals surface area contributed by atoms with E-state index in [4.69, 9.17) is 4.74 Å². The lowest BCUT2D eigenvalue weighted by molar-refractivity contribution is 0.0775. The van der Waals surface area contributed by atoms with Crippen LogP contribution in [0.5, 0.6) is 0 Å². The zero-order valence-corrected chi connectivity index (χ0v) is 11.1. The minimum atomic E-state index is 0.120. The van der Waals surface area contributed by atoms with Gasteiger partial charge < -0.3 is 14.6 Å². The number of aromatic nitrogens is 1. The highest BCUT2D eigenvalue weighted by molar-refractivity contribution is 5.98. The fraction of sp³-hybridized carbons (Fsp3) is 0.400. The van der Waals surface area contributed by atoms with Crippen molar-refractivity contribution in [3.05, 3.63) is 36.0 Å². The Morgan fingerprint density at radius 1 is 1.47 bits per heavy atom. The molecule has 1 aliphatic heterocycles. The topological polar surface area (TPSA) is 45.3 Å². The molecule has 1 atom stereocenters. The molecule has 4 heteroatoms. The molecule has 0 saturated carbocycles. The third kappa shape index (κ3) is 2.36. The Hall–Kier alpha value is -1.81. The van der Waals surface area contributed by atoms with Crippen molar-refractivity contribution in [1.82, 2.24) is 9.88 Å². The molecule has 1 aromatic carbocycles. The van der Waals surface area contributed by atoms with Crippen molar-refractivity contribution >= 4 is 16.8 Å². The van der Waals surface area contributed by atoms with Crippen molar-refractivity contribution in [3.8, 4) is 0 Å². The first kappa shape index (κ1) is 12.2. The summed E-state index contributed by atoms with van der Waals surface area (Å²) in [7, 11) is 1.71. The molecule has 1 unspecified atom stereocenters. The minimum Gasteiger partial charge on any atom is -0.384 e. The summed E-state index contributed by atoms with van der Waals surface area (Å²) in [4.78, 5) is 17.5. The Bertz CT molecular complexity index is 591. The number of H-pyrrole nitrogens is 1. The van der Waals surface area contributed by atoms with E-state index in [9.17, 15) is 4.79 Å². The molecule has 1 amide bonds. The van der Waals surface area contributed by atoms with Gasteiger partial charge in [-0.15, -0.1) is 0 Å². The predicted octanol–water partition coefficient (Wildman–Crippen LogP) is 2.28. The summed E-state index contributed by atoms with van der Waals surface area (Å²) in [6.07, 6.45) is 2.92. The molecule has 0 spiro atoms. The highest BCUT2D eigenvalue weighted by Gasteiger charge is 2.26. The van der Waals surface area contributed by atoms with Crippen LogP contribution in [-0.4, -0.2) is 42.6 Å². The molecular formula is C15H18N2O2. The highest BCUT2D eigenvalue weighted by Crippen LogP contribution is 2.21. The van der Waals surface area contributed by atoms with Gasteiger partial charge in [0, 0.05) is 43.4 Å². The van der Waals surface area contributed by atoms with Crippen molar-refractivity contribution in [2.75, 3.05) is 26.8 Å². The average molecular weight is 258 g/mol. The molecule has 1 aliphatic rings. The van der Waals surface area contributed by atoms with Gasteiger partial charge in [0.1, 0.15) is 0 Å². The fourth-order valence-corrected chi connectivity index (χ4v) is 2.75. The maximum Gasteiger partial charge on any atom is 0.253 e. The molecule has 1 aromatic heterocycles. The summed E-state index contributed by atoms with van der Waals surface area (Å²) < 4.78 is 5.16. The van der Waals surface area contributed by atoms with Gasteiger partial charge in [-0.2, -0.15) is 0 Å². The first-order valence-electron chi connectivity index (χ1n) is 6.63. The maximum absolute atomic E-state index is 12.4. The lowest BCUT2D eigenvalue weighted by atomic mass is 10.1. The number of fused-ring (bicyclic) bond motifs is 1. The van der Waals surface area contributed by atoms with Gasteiger partial charge in [0.05, 0.1) is 6.61 Å². The summed E-state index contributed by atoms with van der Waals surface area (Å²) in [5.41, 5.74) is 1.77. The molecule has 1 N–H and O–H groups in total. The number of benzene rings is 1. The fourth-order valence-electron chi connectivity index (χ4n) is 2.75. The Morgan fingerprint density at radius 3 is 3.21 bits per heavy atom. The summed E-state index contributed by atoms with van der Waals surface area (Å²) >= 11 is 0. The van der Waals surface area contributed by atoms with Crippen LogP contribution in [0.25, 0.3) is 10.9 Å². The van der Waals surface area contributed by atoms with Crippen LogP contribution in [0.15, 0.2) is 30.5 Å². The van der Waals surface area contributed by atoms with Gasteiger partial charge in [0.25, 0.3) is 5.91 Å². The Balaban J connectivity index is 1.76. The van der Waals surface area contributed by atoms with Gasteiger partial charge in [-0.05, 0) is 30.0 Å². The largest absolute Gasteiger partial charge is 0.384 e. The number of hydrogen-bond donors (Lipinski definition) is 1. The highest BCUT2D eigenvalue weighted by atomic mass is 16.5. The Labute approximate surface area is 112 Å². The maximum atomic E-state index is 12.4. The molecule has 100 valence electrons. The summed E-state index contributed by atoms with van der Waals surface area (Å²) in [6.45, 7) is 2.37. The van der Waals surface area contributed by atoms with E-state index in [1.807, 2.05) is 35.4 Å². The smallest absolute Gasteiger partial charge is 0.253 e. The van der Waals surface area contributed by atoms with Crippen LogP contribution < -0.4 is 0 Å². The van der Waals surface area contributed by atoms with Crippen molar-refractivity contribution in [2.24, 2.45) is 5.92 Å². The SMILES string of the molecule is COCC1CCN(C(=O)c2ccc3cc[nH]c3c2)C1. The van der Waals surface area contributed by atoms with Crippen LogP contribution in [0, 0.1) is 5.92 Å².